The van der Waals surface area contributed by atoms with Crippen LogP contribution < -0.4 is 0 Å². The topological polar surface area (TPSA) is 204 Å². The van der Waals surface area contributed by atoms with Crippen molar-refractivity contribution in [2.45, 2.75) is 163 Å². The Labute approximate surface area is 437 Å². The number of benzene rings is 2. The molecule has 1 aliphatic rings. The lowest BCUT2D eigenvalue weighted by atomic mass is 9.99. The number of rotatable bonds is 14. The van der Waals surface area contributed by atoms with E-state index in [2.05, 4.69) is 4.98 Å². The maximum absolute atomic E-state index is 14.9. The molecule has 1 saturated heterocycles. The molecule has 3 aromatic rings. The standard InChI is InChI=1S/C56H80N6O12/c1-34(2)26-43-53(67)71-39(10)50(64)59(12)46(29-37(7)8)56(70)74-48(31-41-20-22-42(23-21-41)32-62-25-24-57-33-62)52(66)61(14)44(27-35(3)4)54(68)72-38(9)49(63)58(11)45(28-36(5)6)55(69)73-47(51(65)60(43)13)30-40-18-16-15-17-19-40/h15-25,33-39,43-48H,26-32H2,1-14H3/t38-,39-,43?,44+,45+,46+,47-,48-/m1/s1. The molecule has 4 amide bonds. The number of nitrogens with zero attached hydrogens (tertiary/aromatic N) is 6. The summed E-state index contributed by atoms with van der Waals surface area (Å²) in [7, 11) is 5.57. The molecule has 1 aliphatic heterocycles. The zero-order valence-corrected chi connectivity index (χ0v) is 45.9. The van der Waals surface area contributed by atoms with E-state index < -0.39 is 96.1 Å². The Hall–Kier alpha value is -6.59. The number of carbonyl (C=O) groups excluding carboxylic acids is 8. The zero-order valence-electron chi connectivity index (χ0n) is 45.9. The Balaban J connectivity index is 1.85. The molecular formula is C56H80N6O12. The van der Waals surface area contributed by atoms with Gasteiger partial charge in [-0.05, 0) is 79.9 Å². The fraction of sp³-hybridized carbons (Fsp3) is 0.589. The molecule has 406 valence electrons. The summed E-state index contributed by atoms with van der Waals surface area (Å²) in [5.74, 6) is -7.26. The van der Waals surface area contributed by atoms with Crippen LogP contribution >= 0.6 is 0 Å². The highest BCUT2D eigenvalue weighted by atomic mass is 16.6. The average Bonchev–Trinajstić information content (AvgIpc) is 3.86. The molecule has 2 heterocycles. The van der Waals surface area contributed by atoms with Crippen molar-refractivity contribution >= 4 is 47.5 Å². The van der Waals surface area contributed by atoms with Gasteiger partial charge in [0.05, 0.1) is 6.33 Å². The molecule has 18 heteroatoms. The summed E-state index contributed by atoms with van der Waals surface area (Å²) in [5.41, 5.74) is 2.21. The van der Waals surface area contributed by atoms with E-state index in [1.165, 1.54) is 42.0 Å². The molecule has 0 spiro atoms. The van der Waals surface area contributed by atoms with Crippen LogP contribution in [0.4, 0.5) is 0 Å². The number of amides is 4. The van der Waals surface area contributed by atoms with Gasteiger partial charge < -0.3 is 43.1 Å². The summed E-state index contributed by atoms with van der Waals surface area (Å²) in [6.45, 7) is 18.1. The minimum absolute atomic E-state index is 0.0874. The number of hydrogen-bond donors (Lipinski definition) is 0. The lowest BCUT2D eigenvalue weighted by molar-refractivity contribution is -0.176. The van der Waals surface area contributed by atoms with E-state index in [1.54, 1.807) is 42.9 Å². The maximum Gasteiger partial charge on any atom is 0.329 e. The van der Waals surface area contributed by atoms with Gasteiger partial charge in [-0.15, -0.1) is 0 Å². The predicted molar refractivity (Wildman–Crippen MR) is 277 cm³/mol. The third-order valence-electron chi connectivity index (χ3n) is 13.1. The number of esters is 4. The first kappa shape index (κ1) is 60.0. The summed E-state index contributed by atoms with van der Waals surface area (Å²) in [5, 5.41) is 0. The third-order valence-corrected chi connectivity index (χ3v) is 13.1. The van der Waals surface area contributed by atoms with E-state index in [0.29, 0.717) is 17.7 Å². The number of likely N-dealkylation sites (N-methyl/N-ethyl adjacent to an activating group) is 4. The van der Waals surface area contributed by atoms with Gasteiger partial charge in [0.25, 0.3) is 23.6 Å². The van der Waals surface area contributed by atoms with Crippen molar-refractivity contribution in [1.82, 2.24) is 29.2 Å². The minimum atomic E-state index is -1.52. The molecular weight excluding hydrogens is 949 g/mol. The van der Waals surface area contributed by atoms with Gasteiger partial charge in [0.15, 0.2) is 24.4 Å². The highest BCUT2D eigenvalue weighted by molar-refractivity contribution is 5.94. The van der Waals surface area contributed by atoms with Crippen LogP contribution in [0.5, 0.6) is 0 Å². The quantitative estimate of drug-likeness (QED) is 0.136. The molecule has 1 fully saturated rings. The fourth-order valence-electron chi connectivity index (χ4n) is 8.89. The van der Waals surface area contributed by atoms with Crippen LogP contribution in [0.1, 0.15) is 112 Å². The molecule has 0 radical (unpaired) electrons. The first-order chi connectivity index (χ1) is 34.8. The van der Waals surface area contributed by atoms with Gasteiger partial charge in [-0.1, -0.05) is 110 Å². The van der Waals surface area contributed by atoms with E-state index in [0.717, 1.165) is 25.2 Å². The second kappa shape index (κ2) is 27.6. The molecule has 4 rings (SSSR count). The minimum Gasteiger partial charge on any atom is -0.451 e. The van der Waals surface area contributed by atoms with Crippen LogP contribution in [0.2, 0.25) is 0 Å². The van der Waals surface area contributed by atoms with Crippen molar-refractivity contribution in [3.63, 3.8) is 0 Å². The number of aromatic nitrogens is 2. The van der Waals surface area contributed by atoms with Crippen molar-refractivity contribution in [1.29, 1.82) is 0 Å². The van der Waals surface area contributed by atoms with E-state index in [-0.39, 0.29) is 62.2 Å². The van der Waals surface area contributed by atoms with E-state index in [1.807, 2.05) is 90.4 Å². The molecule has 0 aliphatic carbocycles. The van der Waals surface area contributed by atoms with Crippen LogP contribution in [-0.4, -0.2) is 153 Å². The lowest BCUT2D eigenvalue weighted by Gasteiger charge is -2.35. The summed E-state index contributed by atoms with van der Waals surface area (Å²) in [4.78, 5) is 125. The van der Waals surface area contributed by atoms with E-state index in [9.17, 15) is 38.4 Å². The Morgan fingerprint density at radius 3 is 1.11 bits per heavy atom. The molecule has 0 saturated carbocycles. The van der Waals surface area contributed by atoms with Crippen LogP contribution in [0.25, 0.3) is 0 Å². The largest absolute Gasteiger partial charge is 0.451 e. The number of carbonyl (C=O) groups is 8. The molecule has 1 unspecified atom stereocenters. The molecule has 0 bridgehead atoms. The highest BCUT2D eigenvalue weighted by Gasteiger charge is 2.43. The second-order valence-corrected chi connectivity index (χ2v) is 21.3. The van der Waals surface area contributed by atoms with Gasteiger partial charge in [-0.25, -0.2) is 24.2 Å². The second-order valence-electron chi connectivity index (χ2n) is 21.3. The normalized spacial score (nSPS) is 24.1. The summed E-state index contributed by atoms with van der Waals surface area (Å²) < 4.78 is 25.9. The van der Waals surface area contributed by atoms with Crippen molar-refractivity contribution in [3.8, 4) is 0 Å². The van der Waals surface area contributed by atoms with Crippen molar-refractivity contribution in [2.24, 2.45) is 23.7 Å². The third kappa shape index (κ3) is 17.0. The smallest absolute Gasteiger partial charge is 0.329 e. The van der Waals surface area contributed by atoms with Crippen molar-refractivity contribution in [2.75, 3.05) is 28.2 Å². The van der Waals surface area contributed by atoms with Gasteiger partial charge in [-0.3, -0.25) is 19.2 Å². The van der Waals surface area contributed by atoms with Crippen LogP contribution in [0.15, 0.2) is 73.3 Å². The van der Waals surface area contributed by atoms with Gasteiger partial charge in [-0.2, -0.15) is 0 Å². The lowest BCUT2D eigenvalue weighted by Crippen LogP contribution is -2.55. The molecule has 74 heavy (non-hydrogen) atoms. The highest BCUT2D eigenvalue weighted by Crippen LogP contribution is 2.24. The van der Waals surface area contributed by atoms with Crippen LogP contribution in [0, 0.1) is 23.7 Å². The first-order valence-electron chi connectivity index (χ1n) is 25.7. The Bertz CT molecular complexity index is 2340. The van der Waals surface area contributed by atoms with E-state index >= 15 is 0 Å². The monoisotopic (exact) mass is 1030 g/mol. The molecule has 8 atom stereocenters. The Kier molecular flexibility index (Phi) is 22.4. The maximum atomic E-state index is 14.9. The number of ether oxygens (including phenoxy) is 4. The molecule has 1 aromatic heterocycles. The van der Waals surface area contributed by atoms with Gasteiger partial charge in [0.1, 0.15) is 24.2 Å². The van der Waals surface area contributed by atoms with E-state index in [4.69, 9.17) is 18.9 Å². The van der Waals surface area contributed by atoms with Crippen molar-refractivity contribution in [3.05, 3.63) is 90.0 Å². The molecule has 18 nitrogen and oxygen atoms in total. The fourth-order valence-corrected chi connectivity index (χ4v) is 8.89. The molecule has 0 N–H and O–H groups in total. The summed E-state index contributed by atoms with van der Waals surface area (Å²) in [6, 6.07) is 11.2. The SMILES string of the molecule is CC(C)CC1C(=O)O[C@H](C)C(=O)N(C)[C@@H](CC(C)C)C(=O)O[C@H](Cc2ccc(Cn3ccnc3)cc2)C(=O)N(C)[C@@H](CC(C)C)C(=O)O[C@H](C)C(=O)N(C)[C@@H](CC(C)C)C(=O)O[C@H](Cc2ccccc2)C(=O)N1C. The zero-order chi connectivity index (χ0) is 55.1. The number of imidazole rings is 1. The number of hydrogen-bond acceptors (Lipinski definition) is 13. The van der Waals surface area contributed by atoms with Gasteiger partial charge in [0, 0.05) is 60.0 Å². The first-order valence-corrected chi connectivity index (χ1v) is 25.7. The van der Waals surface area contributed by atoms with Gasteiger partial charge >= 0.3 is 23.9 Å². The number of cyclic esters (lactones) is 4. The average molecular weight is 1030 g/mol. The van der Waals surface area contributed by atoms with Crippen molar-refractivity contribution < 1.29 is 57.3 Å². The summed E-state index contributed by atoms with van der Waals surface area (Å²) >= 11 is 0. The summed E-state index contributed by atoms with van der Waals surface area (Å²) in [6.07, 6.45) is -0.536. The van der Waals surface area contributed by atoms with Gasteiger partial charge in [0.2, 0.25) is 0 Å². The Morgan fingerprint density at radius 1 is 0.446 bits per heavy atom. The van der Waals surface area contributed by atoms with Crippen LogP contribution in [0.3, 0.4) is 0 Å². The molecule has 2 aromatic carbocycles. The predicted octanol–water partition coefficient (Wildman–Crippen LogP) is 5.91. The van der Waals surface area contributed by atoms with Crippen LogP contribution in [-0.2, 0) is 76.7 Å². The Morgan fingerprint density at radius 2 is 0.770 bits per heavy atom.